The molecule has 1 heterocycles. The van der Waals surface area contributed by atoms with Gasteiger partial charge in [0.15, 0.2) is 6.29 Å². The standard InChI is InChI=1S/C7H13ClO5/c8-1-2-12-7-6(11)5(10)4(9)3-13-7/h4-7,9-11H,1-3H2/t4-,5-,6+,7-/m0/s1. The summed E-state index contributed by atoms with van der Waals surface area (Å²) in [4.78, 5) is 0. The fraction of sp³-hybridized carbons (Fsp3) is 1.00. The molecule has 0 saturated carbocycles. The lowest BCUT2D eigenvalue weighted by atomic mass is 10.1. The summed E-state index contributed by atoms with van der Waals surface area (Å²) in [5, 5.41) is 27.6. The molecule has 78 valence electrons. The number of halogens is 1. The van der Waals surface area contributed by atoms with Crippen molar-refractivity contribution in [2.75, 3.05) is 19.1 Å². The van der Waals surface area contributed by atoms with Crippen LogP contribution in [0, 0.1) is 0 Å². The number of aliphatic hydroxyl groups is 3. The van der Waals surface area contributed by atoms with Crippen molar-refractivity contribution in [3.8, 4) is 0 Å². The van der Waals surface area contributed by atoms with Gasteiger partial charge in [-0.15, -0.1) is 11.6 Å². The first-order chi connectivity index (χ1) is 6.16. The van der Waals surface area contributed by atoms with Crippen LogP contribution in [-0.4, -0.2) is 59.0 Å². The van der Waals surface area contributed by atoms with Gasteiger partial charge in [-0.3, -0.25) is 0 Å². The van der Waals surface area contributed by atoms with Crippen LogP contribution in [0.15, 0.2) is 0 Å². The molecule has 13 heavy (non-hydrogen) atoms. The third-order valence-corrected chi connectivity index (χ3v) is 1.97. The van der Waals surface area contributed by atoms with Crippen molar-refractivity contribution in [2.45, 2.75) is 24.6 Å². The molecule has 0 aromatic carbocycles. The Balaban J connectivity index is 2.39. The molecule has 0 aromatic rings. The lowest BCUT2D eigenvalue weighted by Crippen LogP contribution is -2.53. The maximum Gasteiger partial charge on any atom is 0.186 e. The van der Waals surface area contributed by atoms with E-state index in [-0.39, 0.29) is 19.1 Å². The van der Waals surface area contributed by atoms with E-state index in [0.717, 1.165) is 0 Å². The van der Waals surface area contributed by atoms with Crippen LogP contribution in [0.1, 0.15) is 0 Å². The van der Waals surface area contributed by atoms with Gasteiger partial charge in [-0.05, 0) is 0 Å². The van der Waals surface area contributed by atoms with Gasteiger partial charge in [0.1, 0.15) is 18.3 Å². The van der Waals surface area contributed by atoms with Crippen LogP contribution in [-0.2, 0) is 9.47 Å². The van der Waals surface area contributed by atoms with Gasteiger partial charge in [0.2, 0.25) is 0 Å². The third kappa shape index (κ3) is 2.77. The first-order valence-electron chi connectivity index (χ1n) is 4.00. The molecule has 0 aromatic heterocycles. The number of aliphatic hydroxyl groups excluding tert-OH is 3. The average molecular weight is 213 g/mol. The molecule has 0 aliphatic carbocycles. The summed E-state index contributed by atoms with van der Waals surface area (Å²) in [6, 6.07) is 0. The van der Waals surface area contributed by atoms with Gasteiger partial charge in [0.05, 0.1) is 13.2 Å². The second-order valence-electron chi connectivity index (χ2n) is 2.81. The van der Waals surface area contributed by atoms with Crippen molar-refractivity contribution in [2.24, 2.45) is 0 Å². The molecule has 0 unspecified atom stereocenters. The van der Waals surface area contributed by atoms with Gasteiger partial charge in [0, 0.05) is 5.88 Å². The maximum absolute atomic E-state index is 9.33. The first-order valence-corrected chi connectivity index (χ1v) is 4.53. The summed E-state index contributed by atoms with van der Waals surface area (Å²) in [5.74, 6) is 0.283. The summed E-state index contributed by atoms with van der Waals surface area (Å²) < 4.78 is 9.92. The quantitative estimate of drug-likeness (QED) is 0.506. The molecule has 1 aliphatic rings. The molecular formula is C7H13ClO5. The lowest BCUT2D eigenvalue weighted by Gasteiger charge is -2.34. The molecule has 0 spiro atoms. The van der Waals surface area contributed by atoms with E-state index in [0.29, 0.717) is 0 Å². The highest BCUT2D eigenvalue weighted by atomic mass is 35.5. The average Bonchev–Trinajstić information content (AvgIpc) is 2.13. The highest BCUT2D eigenvalue weighted by Gasteiger charge is 2.37. The summed E-state index contributed by atoms with van der Waals surface area (Å²) in [7, 11) is 0. The van der Waals surface area contributed by atoms with Gasteiger partial charge < -0.3 is 24.8 Å². The zero-order chi connectivity index (χ0) is 9.84. The molecule has 0 amide bonds. The smallest absolute Gasteiger partial charge is 0.186 e. The molecule has 6 heteroatoms. The normalized spacial score (nSPS) is 40.6. The number of hydrogen-bond donors (Lipinski definition) is 3. The van der Waals surface area contributed by atoms with Crippen molar-refractivity contribution < 1.29 is 24.8 Å². The summed E-state index contributed by atoms with van der Waals surface area (Å²) in [6.45, 7) is 0.178. The molecule has 5 nitrogen and oxygen atoms in total. The minimum absolute atomic E-state index is 0.0504. The van der Waals surface area contributed by atoms with Crippen LogP contribution in [0.3, 0.4) is 0 Å². The first kappa shape index (κ1) is 11.2. The maximum atomic E-state index is 9.33. The minimum Gasteiger partial charge on any atom is -0.388 e. The summed E-state index contributed by atoms with van der Waals surface area (Å²) in [5.41, 5.74) is 0. The van der Waals surface area contributed by atoms with Crippen LogP contribution >= 0.6 is 11.6 Å². The van der Waals surface area contributed by atoms with Gasteiger partial charge in [-0.1, -0.05) is 0 Å². The molecule has 1 fully saturated rings. The number of ether oxygens (including phenoxy) is 2. The van der Waals surface area contributed by atoms with Crippen molar-refractivity contribution in [3.05, 3.63) is 0 Å². The molecule has 4 atom stereocenters. The highest BCUT2D eigenvalue weighted by molar-refractivity contribution is 6.17. The van der Waals surface area contributed by atoms with Crippen LogP contribution in [0.4, 0.5) is 0 Å². The Morgan fingerprint density at radius 3 is 2.62 bits per heavy atom. The van der Waals surface area contributed by atoms with Crippen LogP contribution in [0.2, 0.25) is 0 Å². The second kappa shape index (κ2) is 5.09. The molecule has 1 aliphatic heterocycles. The number of alkyl halides is 1. The van der Waals surface area contributed by atoms with E-state index in [1.165, 1.54) is 0 Å². The number of rotatable bonds is 3. The molecule has 1 saturated heterocycles. The third-order valence-electron chi connectivity index (χ3n) is 1.81. The fourth-order valence-corrected chi connectivity index (χ4v) is 1.18. The Morgan fingerprint density at radius 1 is 1.31 bits per heavy atom. The molecule has 0 radical (unpaired) electrons. The van der Waals surface area contributed by atoms with Crippen LogP contribution < -0.4 is 0 Å². The Hall–Kier alpha value is 0.0900. The van der Waals surface area contributed by atoms with E-state index in [2.05, 4.69) is 0 Å². The zero-order valence-corrected chi connectivity index (χ0v) is 7.72. The molecule has 1 rings (SSSR count). The Bertz CT molecular complexity index is 154. The van der Waals surface area contributed by atoms with Gasteiger partial charge in [-0.25, -0.2) is 0 Å². The largest absolute Gasteiger partial charge is 0.388 e. The van der Waals surface area contributed by atoms with Crippen molar-refractivity contribution >= 4 is 11.6 Å². The van der Waals surface area contributed by atoms with E-state index in [1.54, 1.807) is 0 Å². The zero-order valence-electron chi connectivity index (χ0n) is 6.97. The Kier molecular flexibility index (Phi) is 4.37. The SMILES string of the molecule is O[C@@H]1[C@@H](O)[C@@H](OCCCl)OC[C@@H]1O. The Morgan fingerprint density at radius 2 is 2.00 bits per heavy atom. The molecular weight excluding hydrogens is 200 g/mol. The lowest BCUT2D eigenvalue weighted by molar-refractivity contribution is -0.268. The highest BCUT2D eigenvalue weighted by Crippen LogP contribution is 2.16. The van der Waals surface area contributed by atoms with Gasteiger partial charge in [0.25, 0.3) is 0 Å². The van der Waals surface area contributed by atoms with Crippen LogP contribution in [0.25, 0.3) is 0 Å². The second-order valence-corrected chi connectivity index (χ2v) is 3.19. The van der Waals surface area contributed by atoms with E-state index in [9.17, 15) is 10.2 Å². The van der Waals surface area contributed by atoms with E-state index in [4.69, 9.17) is 26.2 Å². The summed E-state index contributed by atoms with van der Waals surface area (Å²) >= 11 is 5.36. The van der Waals surface area contributed by atoms with Crippen molar-refractivity contribution in [1.82, 2.24) is 0 Å². The number of hydrogen-bond acceptors (Lipinski definition) is 5. The van der Waals surface area contributed by atoms with E-state index < -0.39 is 24.6 Å². The molecule has 0 bridgehead atoms. The van der Waals surface area contributed by atoms with Gasteiger partial charge >= 0.3 is 0 Å². The monoisotopic (exact) mass is 212 g/mol. The van der Waals surface area contributed by atoms with Gasteiger partial charge in [-0.2, -0.15) is 0 Å². The fourth-order valence-electron chi connectivity index (χ4n) is 1.09. The van der Waals surface area contributed by atoms with Crippen molar-refractivity contribution in [3.63, 3.8) is 0 Å². The van der Waals surface area contributed by atoms with E-state index >= 15 is 0 Å². The minimum atomic E-state index is -1.23. The Labute approximate surface area is 80.8 Å². The van der Waals surface area contributed by atoms with Crippen molar-refractivity contribution in [1.29, 1.82) is 0 Å². The summed E-state index contributed by atoms with van der Waals surface area (Å²) in [6.07, 6.45) is -4.43. The van der Waals surface area contributed by atoms with E-state index in [1.807, 2.05) is 0 Å². The predicted octanol–water partition coefficient (Wildman–Crippen LogP) is -1.32. The predicted molar refractivity (Wildman–Crippen MR) is 44.4 cm³/mol. The topological polar surface area (TPSA) is 79.2 Å². The van der Waals surface area contributed by atoms with Crippen LogP contribution in [0.5, 0.6) is 0 Å². The molecule has 3 N–H and O–H groups in total.